The summed E-state index contributed by atoms with van der Waals surface area (Å²) >= 11 is 1.39. The summed E-state index contributed by atoms with van der Waals surface area (Å²) in [6.45, 7) is 11.3. The van der Waals surface area contributed by atoms with Crippen LogP contribution in [0.15, 0.2) is 6.20 Å². The van der Waals surface area contributed by atoms with Gasteiger partial charge in [-0.2, -0.15) is 0 Å². The lowest BCUT2D eigenvalue weighted by Gasteiger charge is -2.14. The molecule has 1 aromatic rings. The average molecular weight is 314 g/mol. The van der Waals surface area contributed by atoms with Gasteiger partial charge < -0.3 is 15.2 Å². The number of aliphatic hydroxyl groups excluding tert-OH is 1. The van der Waals surface area contributed by atoms with E-state index in [-0.39, 0.29) is 24.5 Å². The third kappa shape index (κ3) is 6.54. The summed E-state index contributed by atoms with van der Waals surface area (Å²) in [5, 5.41) is 13.4. The second-order valence-corrected chi connectivity index (χ2v) is 7.61. The number of hydrogen-bond acceptors (Lipinski definition) is 5. The number of rotatable bonds is 7. The molecule has 0 saturated heterocycles. The van der Waals surface area contributed by atoms with E-state index < -0.39 is 6.10 Å². The minimum absolute atomic E-state index is 0.0621. The Balaban J connectivity index is 2.38. The molecule has 0 fully saturated rings. The highest BCUT2D eigenvalue weighted by atomic mass is 32.1. The molecular formula is C15H26N2O3S. The van der Waals surface area contributed by atoms with Crippen LogP contribution in [0.4, 0.5) is 0 Å². The first-order valence-electron chi connectivity index (χ1n) is 7.20. The molecule has 0 saturated carbocycles. The van der Waals surface area contributed by atoms with Crippen molar-refractivity contribution >= 4 is 17.2 Å². The van der Waals surface area contributed by atoms with Gasteiger partial charge in [0.2, 0.25) is 0 Å². The predicted octanol–water partition coefficient (Wildman–Crippen LogP) is 2.20. The third-order valence-corrected chi connectivity index (χ3v) is 4.05. The number of amides is 1. The molecule has 0 radical (unpaired) electrons. The van der Waals surface area contributed by atoms with Gasteiger partial charge in [0.1, 0.15) is 4.88 Å². The van der Waals surface area contributed by atoms with Gasteiger partial charge in [-0.3, -0.25) is 4.79 Å². The van der Waals surface area contributed by atoms with E-state index >= 15 is 0 Å². The number of nitrogens with zero attached hydrogens (tertiary/aromatic N) is 1. The largest absolute Gasteiger partial charge is 0.389 e. The number of hydrogen-bond donors (Lipinski definition) is 2. The summed E-state index contributed by atoms with van der Waals surface area (Å²) in [6.07, 6.45) is 0.894. The molecule has 0 aliphatic carbocycles. The van der Waals surface area contributed by atoms with Gasteiger partial charge in [-0.1, -0.05) is 34.6 Å². The fourth-order valence-electron chi connectivity index (χ4n) is 1.52. The molecule has 1 aromatic heterocycles. The predicted molar refractivity (Wildman–Crippen MR) is 84.8 cm³/mol. The van der Waals surface area contributed by atoms with Gasteiger partial charge in [0.15, 0.2) is 0 Å². The topological polar surface area (TPSA) is 71.5 Å². The number of nitrogens with one attached hydrogen (secondary N) is 1. The Bertz CT molecular complexity index is 452. The Morgan fingerprint density at radius 1 is 1.43 bits per heavy atom. The number of carbonyl (C=O) groups is 1. The SMILES string of the molecule is CC(C)COCC(O)CNC(=O)c1cnc(C(C)(C)C)s1. The highest BCUT2D eigenvalue weighted by molar-refractivity contribution is 7.13. The zero-order chi connectivity index (χ0) is 16.0. The van der Waals surface area contributed by atoms with Gasteiger partial charge >= 0.3 is 0 Å². The maximum absolute atomic E-state index is 12.0. The van der Waals surface area contributed by atoms with Crippen LogP contribution in [0.3, 0.4) is 0 Å². The van der Waals surface area contributed by atoms with Gasteiger partial charge in [0.05, 0.1) is 23.9 Å². The summed E-state index contributed by atoms with van der Waals surface area (Å²) in [7, 11) is 0. The smallest absolute Gasteiger partial charge is 0.263 e. The third-order valence-electron chi connectivity index (χ3n) is 2.63. The van der Waals surface area contributed by atoms with Gasteiger partial charge in [-0.25, -0.2) is 4.98 Å². The van der Waals surface area contributed by atoms with E-state index in [4.69, 9.17) is 4.74 Å². The maximum Gasteiger partial charge on any atom is 0.263 e. The van der Waals surface area contributed by atoms with Crippen LogP contribution in [0.2, 0.25) is 0 Å². The van der Waals surface area contributed by atoms with Crippen LogP contribution < -0.4 is 5.32 Å². The van der Waals surface area contributed by atoms with E-state index in [1.54, 1.807) is 6.20 Å². The quantitative estimate of drug-likeness (QED) is 0.809. The summed E-state index contributed by atoms with van der Waals surface area (Å²) in [6, 6.07) is 0. The number of carbonyl (C=O) groups excluding carboxylic acids is 1. The molecule has 0 aliphatic rings. The fourth-order valence-corrected chi connectivity index (χ4v) is 2.41. The maximum atomic E-state index is 12.0. The Morgan fingerprint density at radius 2 is 2.10 bits per heavy atom. The molecule has 2 N–H and O–H groups in total. The minimum atomic E-state index is -0.692. The summed E-state index contributed by atoms with van der Waals surface area (Å²) in [4.78, 5) is 16.8. The van der Waals surface area contributed by atoms with E-state index in [1.165, 1.54) is 11.3 Å². The van der Waals surface area contributed by atoms with Crippen LogP contribution in [0.5, 0.6) is 0 Å². The molecule has 1 rings (SSSR count). The fraction of sp³-hybridized carbons (Fsp3) is 0.733. The lowest BCUT2D eigenvalue weighted by molar-refractivity contribution is 0.0259. The van der Waals surface area contributed by atoms with E-state index in [0.717, 1.165) is 5.01 Å². The number of aliphatic hydroxyl groups is 1. The first kappa shape index (κ1) is 18.1. The number of ether oxygens (including phenoxy) is 1. The Kier molecular flexibility index (Phi) is 6.77. The summed E-state index contributed by atoms with van der Waals surface area (Å²) < 4.78 is 5.33. The van der Waals surface area contributed by atoms with Crippen molar-refractivity contribution in [2.24, 2.45) is 5.92 Å². The summed E-state index contributed by atoms with van der Waals surface area (Å²) in [5.74, 6) is 0.228. The van der Waals surface area contributed by atoms with Crippen molar-refractivity contribution < 1.29 is 14.6 Å². The van der Waals surface area contributed by atoms with Crippen LogP contribution >= 0.6 is 11.3 Å². The average Bonchev–Trinajstić information content (AvgIpc) is 2.84. The number of aromatic nitrogens is 1. The molecule has 1 atom stereocenters. The van der Waals surface area contributed by atoms with Crippen molar-refractivity contribution in [3.8, 4) is 0 Å². The Labute approximate surface area is 130 Å². The molecule has 0 spiro atoms. The standard InChI is InChI=1S/C15H26N2O3S/c1-10(2)8-20-9-11(18)6-16-13(19)12-7-17-14(21-12)15(3,4)5/h7,10-11,18H,6,8-9H2,1-5H3,(H,16,19). The van der Waals surface area contributed by atoms with Crippen LogP contribution in [0, 0.1) is 5.92 Å². The van der Waals surface area contributed by atoms with Crippen LogP contribution in [-0.4, -0.2) is 41.9 Å². The highest BCUT2D eigenvalue weighted by Crippen LogP contribution is 2.26. The van der Waals surface area contributed by atoms with E-state index in [0.29, 0.717) is 17.4 Å². The second kappa shape index (κ2) is 7.87. The van der Waals surface area contributed by atoms with Gasteiger partial charge in [0.25, 0.3) is 5.91 Å². The van der Waals surface area contributed by atoms with Crippen molar-refractivity contribution in [1.29, 1.82) is 0 Å². The minimum Gasteiger partial charge on any atom is -0.389 e. The molecule has 1 amide bonds. The van der Waals surface area contributed by atoms with Gasteiger partial charge in [-0.05, 0) is 5.92 Å². The van der Waals surface area contributed by atoms with E-state index in [9.17, 15) is 9.90 Å². The molecule has 0 aromatic carbocycles. The molecule has 0 aliphatic heterocycles. The zero-order valence-corrected chi connectivity index (χ0v) is 14.3. The second-order valence-electron chi connectivity index (χ2n) is 6.57. The molecule has 5 nitrogen and oxygen atoms in total. The summed E-state index contributed by atoms with van der Waals surface area (Å²) in [5.41, 5.74) is -0.0621. The van der Waals surface area contributed by atoms with Crippen molar-refractivity contribution in [3.63, 3.8) is 0 Å². The molecule has 1 unspecified atom stereocenters. The first-order chi connectivity index (χ1) is 9.70. The van der Waals surface area contributed by atoms with Crippen molar-refractivity contribution in [3.05, 3.63) is 16.1 Å². The van der Waals surface area contributed by atoms with Crippen LogP contribution in [-0.2, 0) is 10.2 Å². The van der Waals surface area contributed by atoms with E-state index in [1.807, 2.05) is 13.8 Å². The lowest BCUT2D eigenvalue weighted by atomic mass is 9.98. The van der Waals surface area contributed by atoms with Crippen molar-refractivity contribution in [2.75, 3.05) is 19.8 Å². The molecule has 6 heteroatoms. The first-order valence-corrected chi connectivity index (χ1v) is 8.02. The molecule has 0 bridgehead atoms. The number of thiazole rings is 1. The van der Waals surface area contributed by atoms with Gasteiger partial charge in [0, 0.05) is 18.6 Å². The molecule has 21 heavy (non-hydrogen) atoms. The highest BCUT2D eigenvalue weighted by Gasteiger charge is 2.20. The Hall–Kier alpha value is -0.980. The lowest BCUT2D eigenvalue weighted by Crippen LogP contribution is -2.34. The monoisotopic (exact) mass is 314 g/mol. The molecule has 1 heterocycles. The molecular weight excluding hydrogens is 288 g/mol. The van der Waals surface area contributed by atoms with Crippen molar-refractivity contribution in [2.45, 2.75) is 46.1 Å². The Morgan fingerprint density at radius 3 is 2.62 bits per heavy atom. The van der Waals surface area contributed by atoms with Crippen LogP contribution in [0.25, 0.3) is 0 Å². The van der Waals surface area contributed by atoms with E-state index in [2.05, 4.69) is 31.1 Å². The van der Waals surface area contributed by atoms with Crippen LogP contribution in [0.1, 0.15) is 49.3 Å². The molecule has 120 valence electrons. The normalized spacial score (nSPS) is 13.5. The van der Waals surface area contributed by atoms with Crippen molar-refractivity contribution in [1.82, 2.24) is 10.3 Å². The van der Waals surface area contributed by atoms with Gasteiger partial charge in [-0.15, -0.1) is 11.3 Å². The zero-order valence-electron chi connectivity index (χ0n) is 13.5.